The quantitative estimate of drug-likeness (QED) is 0.446. The van der Waals surface area contributed by atoms with Crippen LogP contribution in [0.2, 0.25) is 0 Å². The van der Waals surface area contributed by atoms with E-state index in [2.05, 4.69) is 0 Å². The van der Waals surface area contributed by atoms with Crippen molar-refractivity contribution >= 4 is 17.7 Å². The van der Waals surface area contributed by atoms with Gasteiger partial charge in [-0.1, -0.05) is 12.1 Å². The maximum absolute atomic E-state index is 11.1. The van der Waals surface area contributed by atoms with Crippen LogP contribution in [-0.2, 0) is 23.1 Å². The maximum Gasteiger partial charge on any atom is 0.574 e. The van der Waals surface area contributed by atoms with Gasteiger partial charge in [0.1, 0.15) is 17.9 Å². The summed E-state index contributed by atoms with van der Waals surface area (Å²) in [7, 11) is 0. The second-order valence-electron chi connectivity index (χ2n) is 3.90. The van der Waals surface area contributed by atoms with E-state index in [9.17, 15) is 4.79 Å². The van der Waals surface area contributed by atoms with Crippen LogP contribution in [-0.4, -0.2) is 34.2 Å². The summed E-state index contributed by atoms with van der Waals surface area (Å²) in [5.41, 5.74) is 0.910. The Labute approximate surface area is 145 Å². The van der Waals surface area contributed by atoms with Crippen LogP contribution >= 0.6 is 0 Å². The SMILES string of the molecule is C[SH+]CCC([NH2+]Cc1ccccc1[OH2+])C(=O)[OH2+].[Ce]. The minimum Gasteiger partial charge on any atom is -0.593 e. The van der Waals surface area contributed by atoms with Gasteiger partial charge in [0, 0.05) is 52.6 Å². The molecule has 0 radical (unpaired) electrons. The topological polar surface area (TPSA) is 79.5 Å². The van der Waals surface area contributed by atoms with E-state index >= 15 is 0 Å². The fourth-order valence-corrected chi connectivity index (χ4v) is 2.13. The summed E-state index contributed by atoms with van der Waals surface area (Å²) in [6.45, 7) is 0.593. The van der Waals surface area contributed by atoms with Crippen molar-refractivity contribution in [3.8, 4) is 5.75 Å². The van der Waals surface area contributed by atoms with Crippen molar-refractivity contribution in [1.82, 2.24) is 0 Å². The van der Waals surface area contributed by atoms with Gasteiger partial charge in [0.05, 0.1) is 12.7 Å². The van der Waals surface area contributed by atoms with E-state index in [0.29, 0.717) is 12.3 Å². The van der Waals surface area contributed by atoms with Gasteiger partial charge in [-0.25, -0.2) is 0 Å². The Balaban J connectivity index is 0.00000289. The zero-order chi connectivity index (χ0) is 12.7. The first kappa shape index (κ1) is 18.2. The third-order valence-corrected chi connectivity index (χ3v) is 3.35. The Morgan fingerprint density at radius 1 is 1.44 bits per heavy atom. The van der Waals surface area contributed by atoms with Crippen LogP contribution in [0, 0.1) is 41.7 Å². The Morgan fingerprint density at radius 3 is 2.67 bits per heavy atom. The predicted molar refractivity (Wildman–Crippen MR) is 71.7 cm³/mol. The largest absolute Gasteiger partial charge is 0.593 e. The molecule has 0 saturated carbocycles. The zero-order valence-corrected chi connectivity index (χ0v) is 14.5. The Hall–Kier alpha value is 0.177. The second kappa shape index (κ2) is 10.0. The number of hydrogen-bond acceptors (Lipinski definition) is 1. The average Bonchev–Trinajstić information content (AvgIpc) is 2.31. The fraction of sp³-hybridized carbons (Fsp3) is 0.417. The molecular formula is C12H21CeNO3S+4. The number of para-hydroxylation sites is 1. The van der Waals surface area contributed by atoms with Gasteiger partial charge in [0.25, 0.3) is 5.75 Å². The number of carbonyl (C=O) groups excluding carboxylic acids is 1. The summed E-state index contributed by atoms with van der Waals surface area (Å²) in [5.74, 6) is 0.915. The third kappa shape index (κ3) is 6.37. The Bertz CT molecular complexity index is 376. The van der Waals surface area contributed by atoms with Gasteiger partial charge >= 0.3 is 5.97 Å². The van der Waals surface area contributed by atoms with Crippen molar-refractivity contribution < 1.29 is 62.1 Å². The van der Waals surface area contributed by atoms with Crippen LogP contribution < -0.4 is 5.32 Å². The Kier molecular flexibility index (Phi) is 10.1. The molecule has 1 aromatic rings. The fourth-order valence-electron chi connectivity index (χ4n) is 1.59. The summed E-state index contributed by atoms with van der Waals surface area (Å²) in [6, 6.07) is 7.06. The summed E-state index contributed by atoms with van der Waals surface area (Å²) in [4.78, 5) is 11.1. The molecule has 0 aliphatic carbocycles. The van der Waals surface area contributed by atoms with E-state index in [4.69, 9.17) is 10.2 Å². The van der Waals surface area contributed by atoms with E-state index in [0.717, 1.165) is 17.7 Å². The minimum absolute atomic E-state index is 0. The van der Waals surface area contributed by atoms with Gasteiger partial charge in [-0.2, -0.15) is 0 Å². The monoisotopic (exact) mass is 399 g/mol. The number of carbonyl (C=O) groups is 1. The van der Waals surface area contributed by atoms with Crippen molar-refractivity contribution in [3.05, 3.63) is 29.8 Å². The molecule has 98 valence electrons. The molecule has 0 spiro atoms. The maximum atomic E-state index is 11.1. The molecule has 1 unspecified atom stereocenters. The van der Waals surface area contributed by atoms with E-state index < -0.39 is 5.97 Å². The second-order valence-corrected chi connectivity index (χ2v) is 4.98. The van der Waals surface area contributed by atoms with Crippen molar-refractivity contribution in [1.29, 1.82) is 0 Å². The number of rotatable bonds is 7. The molecule has 0 saturated heterocycles. The van der Waals surface area contributed by atoms with Crippen LogP contribution in [0.1, 0.15) is 12.0 Å². The molecular weight excluding hydrogens is 378 g/mol. The molecule has 6 N–H and O–H groups in total. The molecule has 1 atom stereocenters. The first-order valence-electron chi connectivity index (χ1n) is 5.59. The third-order valence-electron chi connectivity index (χ3n) is 2.64. The molecule has 0 aromatic heterocycles. The standard InChI is InChI=1S/C12H17NO3S.Ce/c1-17-7-6-10(12(15)16)13-8-9-4-2-3-5-11(9)14;/h2-5,10,13-14H,6-8H2,1H3,(H,15,16);/p+4. The van der Waals surface area contributed by atoms with Crippen molar-refractivity contribution in [2.75, 3.05) is 12.0 Å². The first-order chi connectivity index (χ1) is 8.15. The molecule has 6 heteroatoms. The molecule has 0 aliphatic rings. The van der Waals surface area contributed by atoms with Crippen LogP contribution in [0.5, 0.6) is 5.75 Å². The van der Waals surface area contributed by atoms with Crippen LogP contribution in [0.3, 0.4) is 0 Å². The summed E-state index contributed by atoms with van der Waals surface area (Å²) in [5, 5.41) is 16.8. The normalized spacial score (nSPS) is 11.6. The van der Waals surface area contributed by atoms with Crippen molar-refractivity contribution in [3.63, 3.8) is 0 Å². The number of hydrogen-bond donors (Lipinski definition) is 1. The zero-order valence-electron chi connectivity index (χ0n) is 10.4. The predicted octanol–water partition coefficient (Wildman–Crippen LogP) is -1.36. The molecule has 1 aromatic carbocycles. The van der Waals surface area contributed by atoms with E-state index in [-0.39, 0.29) is 47.8 Å². The molecule has 18 heavy (non-hydrogen) atoms. The van der Waals surface area contributed by atoms with Gasteiger partial charge in [0.2, 0.25) is 6.04 Å². The summed E-state index contributed by atoms with van der Waals surface area (Å²) < 4.78 is 0. The van der Waals surface area contributed by atoms with Gasteiger partial charge in [0.15, 0.2) is 0 Å². The van der Waals surface area contributed by atoms with Gasteiger partial charge in [-0.15, -0.1) is 0 Å². The number of benzene rings is 1. The number of nitrogens with two attached hydrogens (primary N) is 1. The van der Waals surface area contributed by atoms with Crippen molar-refractivity contribution in [2.24, 2.45) is 0 Å². The molecule has 0 aliphatic heterocycles. The molecule has 1 rings (SSSR count). The molecule has 0 heterocycles. The van der Waals surface area contributed by atoms with E-state index in [1.54, 1.807) is 6.07 Å². The molecule has 0 fully saturated rings. The minimum atomic E-state index is -0.517. The van der Waals surface area contributed by atoms with E-state index in [1.165, 1.54) is 11.8 Å². The first-order valence-corrected chi connectivity index (χ1v) is 7.11. The average molecular weight is 399 g/mol. The Morgan fingerprint density at radius 2 is 2.11 bits per heavy atom. The molecule has 4 nitrogen and oxygen atoms in total. The summed E-state index contributed by atoms with van der Waals surface area (Å²) >= 11 is 1.25. The molecule has 0 amide bonds. The summed E-state index contributed by atoms with van der Waals surface area (Å²) in [6.07, 6.45) is 2.78. The van der Waals surface area contributed by atoms with E-state index in [1.807, 2.05) is 29.8 Å². The molecule has 0 bridgehead atoms. The van der Waals surface area contributed by atoms with Crippen LogP contribution in [0.25, 0.3) is 0 Å². The van der Waals surface area contributed by atoms with Crippen LogP contribution in [0.4, 0.5) is 0 Å². The van der Waals surface area contributed by atoms with Crippen LogP contribution in [0.15, 0.2) is 24.3 Å². The number of quaternary nitrogens is 1. The number of thiol groups is 1. The van der Waals surface area contributed by atoms with Crippen molar-refractivity contribution in [2.45, 2.75) is 19.0 Å². The van der Waals surface area contributed by atoms with Gasteiger partial charge in [-0.05, 0) is 17.8 Å². The van der Waals surface area contributed by atoms with Gasteiger partial charge in [-0.3, -0.25) is 0 Å². The smallest absolute Gasteiger partial charge is 0.574 e. The van der Waals surface area contributed by atoms with Gasteiger partial charge < -0.3 is 15.5 Å².